The van der Waals surface area contributed by atoms with Gasteiger partial charge in [0.2, 0.25) is 0 Å². The molecular weight excluding hydrogens is 665 g/mol. The van der Waals surface area contributed by atoms with Gasteiger partial charge in [0, 0.05) is 35.8 Å². The summed E-state index contributed by atoms with van der Waals surface area (Å²) < 4.78 is 13.4. The molecule has 0 saturated carbocycles. The third-order valence-corrected chi connectivity index (χ3v) is 13.9. The smallest absolute Gasteiger partial charge is 0.305 e. The summed E-state index contributed by atoms with van der Waals surface area (Å²) in [6, 6.07) is 57.9. The molecule has 0 aliphatic carbocycles. The minimum Gasteiger partial charge on any atom is -1.00 e. The lowest BCUT2D eigenvalue weighted by atomic mass is 9.97. The van der Waals surface area contributed by atoms with E-state index in [-0.39, 0.29) is 28.5 Å². The predicted molar refractivity (Wildman–Crippen MR) is 187 cm³/mol. The molecular formula is C41H33BrNO3P. The van der Waals surface area contributed by atoms with Crippen LogP contribution < -0.4 is 47.3 Å². The van der Waals surface area contributed by atoms with Gasteiger partial charge < -0.3 is 31.4 Å². The van der Waals surface area contributed by atoms with Crippen molar-refractivity contribution in [3.05, 3.63) is 181 Å². The van der Waals surface area contributed by atoms with Crippen molar-refractivity contribution in [1.82, 2.24) is 0 Å². The molecule has 2 aliphatic rings. The highest BCUT2D eigenvalue weighted by atomic mass is 79.9. The molecule has 1 fully saturated rings. The molecule has 1 amide bonds. The van der Waals surface area contributed by atoms with E-state index in [0.717, 1.165) is 23.2 Å². The Balaban J connectivity index is 0.00000351. The Kier molecular flexibility index (Phi) is 8.44. The fourth-order valence-electron chi connectivity index (χ4n) is 7.13. The quantitative estimate of drug-likeness (QED) is 0.232. The summed E-state index contributed by atoms with van der Waals surface area (Å²) in [7, 11) is -2.38. The maximum Gasteiger partial charge on any atom is 0.305 e. The number of benzene rings is 6. The number of carbonyl (C=O) groups is 1. The van der Waals surface area contributed by atoms with Crippen LogP contribution in [0.15, 0.2) is 170 Å². The van der Waals surface area contributed by atoms with Crippen molar-refractivity contribution in [1.29, 1.82) is 0 Å². The molecule has 0 unspecified atom stereocenters. The maximum absolute atomic E-state index is 14.8. The summed E-state index contributed by atoms with van der Waals surface area (Å²) in [4.78, 5) is 16.8. The lowest BCUT2D eigenvalue weighted by Crippen LogP contribution is -3.00. The van der Waals surface area contributed by atoms with Crippen molar-refractivity contribution in [3.63, 3.8) is 0 Å². The van der Waals surface area contributed by atoms with Crippen LogP contribution in [0.3, 0.4) is 0 Å². The van der Waals surface area contributed by atoms with Crippen LogP contribution in [-0.4, -0.2) is 18.1 Å². The topological polar surface area (TPSA) is 38.8 Å². The Morgan fingerprint density at radius 3 is 1.45 bits per heavy atom. The lowest BCUT2D eigenvalue weighted by Gasteiger charge is -2.32. The number of ether oxygens (including phenoxy) is 2. The highest BCUT2D eigenvalue weighted by Gasteiger charge is 2.59. The standard InChI is InChI=1S/C41H33NO3P.BrH/c43-40-39(46(34-20-10-3-11-21-34,35-22-12-4-13-23-35)36-24-14-5-15-25-36)28-29-42(40)33-26-27-37-38(30-33)45-41(44-37,31-16-6-1-7-17-31)32-18-8-2-9-19-32;/h1-27,30,39H,28-29H2;1H/q+1;/p-1/t39-;/m1./s1. The van der Waals surface area contributed by atoms with Gasteiger partial charge in [0.25, 0.3) is 5.91 Å². The highest BCUT2D eigenvalue weighted by Crippen LogP contribution is 2.62. The Hall–Kier alpha value is -4.70. The second kappa shape index (κ2) is 12.8. The van der Waals surface area contributed by atoms with Crippen LogP contribution in [0.4, 0.5) is 5.69 Å². The zero-order valence-corrected chi connectivity index (χ0v) is 28.1. The molecule has 47 heavy (non-hydrogen) atoms. The van der Waals surface area contributed by atoms with Crippen molar-refractivity contribution >= 4 is 34.8 Å². The van der Waals surface area contributed by atoms with Crippen LogP contribution in [0.2, 0.25) is 0 Å². The molecule has 0 spiro atoms. The highest BCUT2D eigenvalue weighted by molar-refractivity contribution is 7.97. The molecule has 1 atom stereocenters. The van der Waals surface area contributed by atoms with Gasteiger partial charge in [-0.05, 0) is 48.5 Å². The van der Waals surface area contributed by atoms with Crippen molar-refractivity contribution in [2.24, 2.45) is 0 Å². The second-order valence-electron chi connectivity index (χ2n) is 11.7. The normalized spacial score (nSPS) is 16.5. The average molecular weight is 699 g/mol. The molecule has 4 nitrogen and oxygen atoms in total. The van der Waals surface area contributed by atoms with Crippen LogP contribution in [-0.2, 0) is 10.6 Å². The van der Waals surface area contributed by atoms with E-state index >= 15 is 0 Å². The lowest BCUT2D eigenvalue weighted by molar-refractivity contribution is -0.116. The first-order valence-corrected chi connectivity index (χ1v) is 17.6. The van der Waals surface area contributed by atoms with Gasteiger partial charge in [0.05, 0.1) is 0 Å². The van der Waals surface area contributed by atoms with Crippen LogP contribution in [0.1, 0.15) is 17.5 Å². The van der Waals surface area contributed by atoms with Crippen molar-refractivity contribution in [2.75, 3.05) is 11.4 Å². The van der Waals surface area contributed by atoms with Crippen LogP contribution >= 0.6 is 7.26 Å². The summed E-state index contributed by atoms with van der Waals surface area (Å²) in [5.41, 5.74) is 2.41. The van der Waals surface area contributed by atoms with Gasteiger partial charge in [-0.2, -0.15) is 0 Å². The predicted octanol–water partition coefficient (Wildman–Crippen LogP) is 4.46. The molecule has 8 rings (SSSR count). The van der Waals surface area contributed by atoms with Crippen molar-refractivity contribution in [2.45, 2.75) is 17.9 Å². The SMILES string of the molecule is O=C1[C@H]([P+](c2ccccc2)(c2ccccc2)c2ccccc2)CCN1c1ccc2c(c1)OC(c1ccccc1)(c1ccccc1)O2.[Br-]. The minimum atomic E-state index is -2.38. The molecule has 0 radical (unpaired) electrons. The number of amides is 1. The Morgan fingerprint density at radius 1 is 0.553 bits per heavy atom. The second-order valence-corrected chi connectivity index (χ2v) is 15.3. The zero-order valence-electron chi connectivity index (χ0n) is 25.7. The summed E-state index contributed by atoms with van der Waals surface area (Å²) in [6.07, 6.45) is 0.748. The summed E-state index contributed by atoms with van der Waals surface area (Å²) in [5.74, 6) is 0.299. The number of anilines is 1. The van der Waals surface area contributed by atoms with E-state index in [0.29, 0.717) is 18.0 Å². The molecule has 0 aromatic heterocycles. The maximum atomic E-state index is 14.8. The zero-order chi connectivity index (χ0) is 31.0. The van der Waals surface area contributed by atoms with E-state index < -0.39 is 13.0 Å². The fraction of sp³-hybridized carbons (Fsp3) is 0.0976. The van der Waals surface area contributed by atoms with Crippen LogP contribution in [0.5, 0.6) is 11.5 Å². The van der Waals surface area contributed by atoms with E-state index in [1.165, 1.54) is 15.9 Å². The van der Waals surface area contributed by atoms with E-state index in [1.807, 2.05) is 83.8 Å². The van der Waals surface area contributed by atoms with Gasteiger partial charge in [0.1, 0.15) is 23.2 Å². The molecule has 0 bridgehead atoms. The Bertz CT molecular complexity index is 1840. The minimum absolute atomic E-state index is 0. The third kappa shape index (κ3) is 5.15. The number of nitrogens with zero attached hydrogens (tertiary/aromatic N) is 1. The third-order valence-electron chi connectivity index (χ3n) is 9.19. The van der Waals surface area contributed by atoms with Crippen molar-refractivity contribution in [3.8, 4) is 11.5 Å². The number of fused-ring (bicyclic) bond motifs is 1. The monoisotopic (exact) mass is 697 g/mol. The molecule has 1 saturated heterocycles. The molecule has 6 heteroatoms. The fourth-order valence-corrected chi connectivity index (χ4v) is 12.0. The number of hydrogen-bond donors (Lipinski definition) is 0. The molecule has 2 aliphatic heterocycles. The molecule has 6 aromatic carbocycles. The first-order chi connectivity index (χ1) is 22.7. The first-order valence-electron chi connectivity index (χ1n) is 15.7. The van der Waals surface area contributed by atoms with E-state index in [4.69, 9.17) is 9.47 Å². The molecule has 232 valence electrons. The summed E-state index contributed by atoms with van der Waals surface area (Å²) >= 11 is 0. The van der Waals surface area contributed by atoms with Gasteiger partial charge >= 0.3 is 5.79 Å². The molecule has 0 N–H and O–H groups in total. The summed E-state index contributed by atoms with van der Waals surface area (Å²) in [5, 5.41) is 3.65. The van der Waals surface area contributed by atoms with Gasteiger partial charge in [-0.3, -0.25) is 4.79 Å². The largest absolute Gasteiger partial charge is 1.00 e. The summed E-state index contributed by atoms with van der Waals surface area (Å²) in [6.45, 7) is 0.625. The molecule has 2 heterocycles. The van der Waals surface area contributed by atoms with Gasteiger partial charge in [0.15, 0.2) is 17.2 Å². The van der Waals surface area contributed by atoms with Crippen LogP contribution in [0.25, 0.3) is 0 Å². The van der Waals surface area contributed by atoms with Gasteiger partial charge in [-0.25, -0.2) is 0 Å². The van der Waals surface area contributed by atoms with Gasteiger partial charge in [-0.1, -0.05) is 115 Å². The number of hydrogen-bond acceptors (Lipinski definition) is 3. The van der Waals surface area contributed by atoms with E-state index in [2.05, 4.69) is 91.0 Å². The Labute approximate surface area is 286 Å². The molecule has 6 aromatic rings. The average Bonchev–Trinajstić information content (AvgIpc) is 3.72. The number of carbonyl (C=O) groups excluding carboxylic acids is 1. The van der Waals surface area contributed by atoms with E-state index in [1.54, 1.807) is 0 Å². The number of halogens is 1. The first kappa shape index (κ1) is 30.9. The van der Waals surface area contributed by atoms with E-state index in [9.17, 15) is 4.79 Å². The Morgan fingerprint density at radius 2 is 0.979 bits per heavy atom. The number of rotatable bonds is 7. The van der Waals surface area contributed by atoms with Gasteiger partial charge in [-0.15, -0.1) is 0 Å². The van der Waals surface area contributed by atoms with Crippen LogP contribution in [0, 0.1) is 0 Å². The van der Waals surface area contributed by atoms with Crippen molar-refractivity contribution < 1.29 is 31.2 Å².